The molecule has 3 nitrogen and oxygen atoms in total. The van der Waals surface area contributed by atoms with Crippen LogP contribution in [-0.4, -0.2) is 16.8 Å². The summed E-state index contributed by atoms with van der Waals surface area (Å²) in [6, 6.07) is 3.97. The largest absolute Gasteiger partial charge is 0.314 e. The number of halogens is 3. The molecule has 0 saturated carbocycles. The Bertz CT molecular complexity index is 540. The molecular weight excluding hydrogens is 292 g/mol. The second kappa shape index (κ2) is 4.93. The maximum atomic E-state index is 13.6. The van der Waals surface area contributed by atoms with Gasteiger partial charge in [-0.15, -0.1) is 0 Å². The fraction of sp³-hybridized carbons (Fsp3) is 0.182. The molecule has 0 aliphatic carbocycles. The van der Waals surface area contributed by atoms with E-state index in [1.165, 1.54) is 10.7 Å². The number of nitrogens with zero attached hydrogens (tertiary/aromatic N) is 2. The monoisotopic (exact) mass is 301 g/mol. The van der Waals surface area contributed by atoms with E-state index in [0.29, 0.717) is 6.54 Å². The summed E-state index contributed by atoms with van der Waals surface area (Å²) in [6.07, 6.45) is 1.63. The minimum absolute atomic E-state index is 0.208. The van der Waals surface area contributed by atoms with Gasteiger partial charge in [-0.05, 0) is 35.1 Å². The Balaban J connectivity index is 2.41. The third-order valence-corrected chi connectivity index (χ3v) is 2.85. The Kier molecular flexibility index (Phi) is 3.54. The normalized spacial score (nSPS) is 10.8. The van der Waals surface area contributed by atoms with Gasteiger partial charge in [-0.3, -0.25) is 0 Å². The maximum Gasteiger partial charge on any atom is 0.151 e. The number of benzene rings is 1. The van der Waals surface area contributed by atoms with E-state index in [0.717, 1.165) is 11.8 Å². The molecule has 90 valence electrons. The van der Waals surface area contributed by atoms with Crippen molar-refractivity contribution < 1.29 is 8.78 Å². The first-order valence-corrected chi connectivity index (χ1v) is 5.75. The van der Waals surface area contributed by atoms with E-state index in [4.69, 9.17) is 0 Å². The molecule has 0 aliphatic rings. The van der Waals surface area contributed by atoms with Crippen molar-refractivity contribution in [1.82, 2.24) is 15.1 Å². The third-order valence-electron chi connectivity index (χ3n) is 2.24. The van der Waals surface area contributed by atoms with Crippen molar-refractivity contribution in [3.8, 4) is 5.69 Å². The lowest BCUT2D eigenvalue weighted by Gasteiger charge is -2.04. The minimum Gasteiger partial charge on any atom is -0.314 e. The van der Waals surface area contributed by atoms with Gasteiger partial charge in [0.1, 0.15) is 11.5 Å². The van der Waals surface area contributed by atoms with Crippen LogP contribution in [-0.2, 0) is 6.54 Å². The molecule has 0 saturated heterocycles. The lowest BCUT2D eigenvalue weighted by molar-refractivity contribution is 0.569. The molecule has 0 radical (unpaired) electrons. The summed E-state index contributed by atoms with van der Waals surface area (Å²) in [5.74, 6) is -1.28. The molecule has 1 aromatic carbocycles. The van der Waals surface area contributed by atoms with Gasteiger partial charge in [0, 0.05) is 18.8 Å². The predicted molar refractivity (Wildman–Crippen MR) is 63.9 cm³/mol. The molecule has 2 aromatic rings. The van der Waals surface area contributed by atoms with Crippen LogP contribution in [0.25, 0.3) is 5.69 Å². The maximum absolute atomic E-state index is 13.6. The average molecular weight is 302 g/mol. The van der Waals surface area contributed by atoms with Crippen LogP contribution in [0.15, 0.2) is 28.9 Å². The second-order valence-electron chi connectivity index (χ2n) is 3.50. The first-order valence-electron chi connectivity index (χ1n) is 4.96. The Morgan fingerprint density at radius 1 is 1.35 bits per heavy atom. The first-order chi connectivity index (χ1) is 8.11. The van der Waals surface area contributed by atoms with Gasteiger partial charge in [-0.1, -0.05) is 0 Å². The zero-order valence-electron chi connectivity index (χ0n) is 9.04. The molecule has 0 aliphatic heterocycles. The van der Waals surface area contributed by atoms with E-state index in [2.05, 4.69) is 26.3 Å². The summed E-state index contributed by atoms with van der Waals surface area (Å²) < 4.78 is 28.2. The molecule has 1 N–H and O–H groups in total. The van der Waals surface area contributed by atoms with Crippen LogP contribution in [0.3, 0.4) is 0 Å². The Morgan fingerprint density at radius 2 is 2.12 bits per heavy atom. The van der Waals surface area contributed by atoms with Gasteiger partial charge < -0.3 is 5.32 Å². The predicted octanol–water partition coefficient (Wildman–Crippen LogP) is 2.63. The molecule has 1 aromatic heterocycles. The van der Waals surface area contributed by atoms with Crippen LogP contribution in [0.5, 0.6) is 0 Å². The number of rotatable bonds is 3. The van der Waals surface area contributed by atoms with Crippen molar-refractivity contribution in [2.45, 2.75) is 6.54 Å². The van der Waals surface area contributed by atoms with Crippen LogP contribution in [0.1, 0.15) is 5.69 Å². The fourth-order valence-corrected chi connectivity index (χ4v) is 1.79. The van der Waals surface area contributed by atoms with Crippen molar-refractivity contribution in [1.29, 1.82) is 0 Å². The molecule has 1 heterocycles. The van der Waals surface area contributed by atoms with Gasteiger partial charge in [0.05, 0.1) is 10.2 Å². The van der Waals surface area contributed by atoms with Crippen molar-refractivity contribution in [2.24, 2.45) is 0 Å². The molecule has 0 unspecified atom stereocenters. The zero-order chi connectivity index (χ0) is 12.4. The fourth-order valence-electron chi connectivity index (χ4n) is 1.46. The molecule has 0 spiro atoms. The number of hydrogen-bond donors (Lipinski definition) is 1. The molecule has 0 atom stereocenters. The highest BCUT2D eigenvalue weighted by Crippen LogP contribution is 2.22. The highest BCUT2D eigenvalue weighted by Gasteiger charge is 2.10. The quantitative estimate of drug-likeness (QED) is 0.883. The van der Waals surface area contributed by atoms with E-state index in [1.54, 1.807) is 19.3 Å². The Hall–Kier alpha value is -1.27. The topological polar surface area (TPSA) is 29.9 Å². The van der Waals surface area contributed by atoms with Gasteiger partial charge >= 0.3 is 0 Å². The van der Waals surface area contributed by atoms with E-state index < -0.39 is 11.6 Å². The molecule has 17 heavy (non-hydrogen) atoms. The van der Waals surface area contributed by atoms with Gasteiger partial charge in [-0.2, -0.15) is 5.10 Å². The number of aromatic nitrogens is 2. The van der Waals surface area contributed by atoms with Gasteiger partial charge in [0.25, 0.3) is 0 Å². The van der Waals surface area contributed by atoms with Crippen molar-refractivity contribution >= 4 is 15.9 Å². The van der Waals surface area contributed by atoms with Crippen LogP contribution >= 0.6 is 15.9 Å². The van der Waals surface area contributed by atoms with E-state index >= 15 is 0 Å². The average Bonchev–Trinajstić information content (AvgIpc) is 2.72. The summed E-state index contributed by atoms with van der Waals surface area (Å²) in [5, 5.41) is 7.12. The van der Waals surface area contributed by atoms with E-state index in [9.17, 15) is 8.78 Å². The van der Waals surface area contributed by atoms with Crippen LogP contribution < -0.4 is 5.32 Å². The molecule has 6 heteroatoms. The summed E-state index contributed by atoms with van der Waals surface area (Å²) >= 11 is 3.02. The molecular formula is C11H10BrF2N3. The zero-order valence-corrected chi connectivity index (χ0v) is 10.6. The van der Waals surface area contributed by atoms with Crippen molar-refractivity contribution in [3.05, 3.63) is 46.2 Å². The third kappa shape index (κ3) is 2.53. The molecule has 2 rings (SSSR count). The van der Waals surface area contributed by atoms with Gasteiger partial charge in [0.15, 0.2) is 5.82 Å². The molecule has 0 amide bonds. The van der Waals surface area contributed by atoms with Gasteiger partial charge in [-0.25, -0.2) is 13.5 Å². The standard InChI is InChI=1S/C11H10BrF2N3/c1-15-6-7-2-3-17(16-7)11-4-8(12)9(13)5-10(11)14/h2-5,15H,6H2,1H3. The smallest absolute Gasteiger partial charge is 0.151 e. The summed E-state index contributed by atoms with van der Waals surface area (Å²) in [4.78, 5) is 0. The van der Waals surface area contributed by atoms with Crippen LogP contribution in [0.4, 0.5) is 8.78 Å². The van der Waals surface area contributed by atoms with Crippen molar-refractivity contribution in [2.75, 3.05) is 7.05 Å². The highest BCUT2D eigenvalue weighted by atomic mass is 79.9. The van der Waals surface area contributed by atoms with Crippen LogP contribution in [0.2, 0.25) is 0 Å². The second-order valence-corrected chi connectivity index (χ2v) is 4.35. The minimum atomic E-state index is -0.648. The number of hydrogen-bond acceptors (Lipinski definition) is 2. The van der Waals surface area contributed by atoms with E-state index in [-0.39, 0.29) is 10.2 Å². The van der Waals surface area contributed by atoms with Gasteiger partial charge in [0.2, 0.25) is 0 Å². The highest BCUT2D eigenvalue weighted by molar-refractivity contribution is 9.10. The molecule has 0 bridgehead atoms. The Labute approximate surface area is 106 Å². The van der Waals surface area contributed by atoms with E-state index in [1.807, 2.05) is 0 Å². The Morgan fingerprint density at radius 3 is 2.82 bits per heavy atom. The van der Waals surface area contributed by atoms with Crippen LogP contribution in [0, 0.1) is 11.6 Å². The summed E-state index contributed by atoms with van der Waals surface area (Å²) in [5.41, 5.74) is 0.993. The molecule has 0 fully saturated rings. The SMILES string of the molecule is CNCc1ccn(-c2cc(Br)c(F)cc2F)n1. The lowest BCUT2D eigenvalue weighted by Crippen LogP contribution is -2.07. The lowest BCUT2D eigenvalue weighted by atomic mass is 10.3. The summed E-state index contributed by atoms with van der Waals surface area (Å²) in [6.45, 7) is 0.594. The first kappa shape index (κ1) is 12.2. The summed E-state index contributed by atoms with van der Waals surface area (Å²) in [7, 11) is 1.80. The van der Waals surface area contributed by atoms with Crippen molar-refractivity contribution in [3.63, 3.8) is 0 Å². The number of nitrogens with one attached hydrogen (secondary N) is 1.